The maximum absolute atomic E-state index is 12.8. The molecule has 0 aromatic heterocycles. The van der Waals surface area contributed by atoms with Crippen molar-refractivity contribution in [2.24, 2.45) is 0 Å². The molecule has 24 heavy (non-hydrogen) atoms. The van der Waals surface area contributed by atoms with Crippen LogP contribution < -0.4 is 0 Å². The van der Waals surface area contributed by atoms with Crippen molar-refractivity contribution >= 4 is 15.8 Å². The van der Waals surface area contributed by atoms with Gasteiger partial charge in [0.05, 0.1) is 18.1 Å². The van der Waals surface area contributed by atoms with Crippen molar-refractivity contribution in [3.63, 3.8) is 0 Å². The van der Waals surface area contributed by atoms with Crippen LogP contribution in [0.15, 0.2) is 29.2 Å². The van der Waals surface area contributed by atoms with Crippen LogP contribution >= 0.6 is 0 Å². The third-order valence-corrected chi connectivity index (χ3v) is 6.80. The van der Waals surface area contributed by atoms with E-state index in [2.05, 4.69) is 4.90 Å². The lowest BCUT2D eigenvalue weighted by Gasteiger charge is -2.39. The molecule has 1 aromatic rings. The molecule has 0 saturated carbocycles. The molecule has 0 atom stereocenters. The Morgan fingerprint density at radius 2 is 1.62 bits per heavy atom. The topological polar surface area (TPSA) is 66.9 Å². The third-order valence-electron chi connectivity index (χ3n) is 4.88. The number of hydrogen-bond donors (Lipinski definition) is 0. The number of carbonyl (C=O) groups is 1. The molecule has 1 aromatic carbocycles. The van der Waals surface area contributed by atoms with Gasteiger partial charge in [-0.2, -0.15) is 4.31 Å². The highest BCUT2D eigenvalue weighted by molar-refractivity contribution is 7.89. The number of Topliss-reactive ketones (excluding diaryl/α,β-unsaturated/α-hetero) is 1. The number of ether oxygens (including phenoxy) is 1. The Morgan fingerprint density at radius 1 is 1.04 bits per heavy atom. The van der Waals surface area contributed by atoms with Crippen molar-refractivity contribution in [1.82, 2.24) is 9.21 Å². The van der Waals surface area contributed by atoms with Gasteiger partial charge in [-0.05, 0) is 31.9 Å². The standard InChI is InChI=1S/C17H24N2O4S/c1-14(20)15-2-4-17(5-3-15)24(21,22)19-8-6-16(7-9-19)18-10-12-23-13-11-18/h2-5,16H,6-13H2,1H3. The second-order valence-electron chi connectivity index (χ2n) is 6.36. The quantitative estimate of drug-likeness (QED) is 0.766. The summed E-state index contributed by atoms with van der Waals surface area (Å²) in [7, 11) is -3.48. The minimum Gasteiger partial charge on any atom is -0.379 e. The zero-order valence-corrected chi connectivity index (χ0v) is 14.8. The zero-order chi connectivity index (χ0) is 17.2. The van der Waals surface area contributed by atoms with E-state index in [0.29, 0.717) is 24.7 Å². The Balaban J connectivity index is 1.65. The van der Waals surface area contributed by atoms with Gasteiger partial charge < -0.3 is 4.74 Å². The summed E-state index contributed by atoms with van der Waals surface area (Å²) in [5, 5.41) is 0. The second-order valence-corrected chi connectivity index (χ2v) is 8.30. The monoisotopic (exact) mass is 352 g/mol. The molecule has 0 amide bonds. The molecule has 2 aliphatic heterocycles. The van der Waals surface area contributed by atoms with Gasteiger partial charge >= 0.3 is 0 Å². The molecule has 0 radical (unpaired) electrons. The molecule has 0 unspecified atom stereocenters. The largest absolute Gasteiger partial charge is 0.379 e. The Bertz CT molecular complexity index is 673. The minimum atomic E-state index is -3.48. The minimum absolute atomic E-state index is 0.0646. The summed E-state index contributed by atoms with van der Waals surface area (Å²) < 4.78 is 32.5. The van der Waals surface area contributed by atoms with Gasteiger partial charge in [0.25, 0.3) is 0 Å². The van der Waals surface area contributed by atoms with Crippen molar-refractivity contribution in [2.45, 2.75) is 30.7 Å². The maximum atomic E-state index is 12.8. The molecule has 2 fully saturated rings. The summed E-state index contributed by atoms with van der Waals surface area (Å²) in [5.41, 5.74) is 0.528. The van der Waals surface area contributed by atoms with Gasteiger partial charge in [-0.1, -0.05) is 12.1 Å². The first-order valence-corrected chi connectivity index (χ1v) is 9.85. The van der Waals surface area contributed by atoms with E-state index in [-0.39, 0.29) is 10.7 Å². The average Bonchev–Trinajstić information content (AvgIpc) is 2.62. The number of hydrogen-bond acceptors (Lipinski definition) is 5. The predicted molar refractivity (Wildman–Crippen MR) is 90.6 cm³/mol. The van der Waals surface area contributed by atoms with E-state index in [1.807, 2.05) is 0 Å². The number of morpholine rings is 1. The number of ketones is 1. The fourth-order valence-electron chi connectivity index (χ4n) is 3.40. The van der Waals surface area contributed by atoms with Crippen LogP contribution in [0.5, 0.6) is 0 Å². The Hall–Kier alpha value is -1.28. The average molecular weight is 352 g/mol. The highest BCUT2D eigenvalue weighted by atomic mass is 32.2. The van der Waals surface area contributed by atoms with E-state index in [4.69, 9.17) is 4.74 Å². The molecule has 0 bridgehead atoms. The Labute approximate surface area is 143 Å². The summed E-state index contributed by atoms with van der Waals surface area (Å²) in [4.78, 5) is 14.0. The molecular weight excluding hydrogens is 328 g/mol. The predicted octanol–water partition coefficient (Wildman–Crippen LogP) is 1.37. The molecule has 0 aliphatic carbocycles. The summed E-state index contributed by atoms with van der Waals surface area (Å²) in [6, 6.07) is 6.66. The van der Waals surface area contributed by atoms with Crippen LogP contribution in [0.3, 0.4) is 0 Å². The number of rotatable bonds is 4. The normalized spacial score (nSPS) is 21.7. The highest BCUT2D eigenvalue weighted by Crippen LogP contribution is 2.24. The summed E-state index contributed by atoms with van der Waals surface area (Å²) in [6.07, 6.45) is 1.70. The van der Waals surface area contributed by atoms with Gasteiger partial charge in [-0.3, -0.25) is 9.69 Å². The summed E-state index contributed by atoms with van der Waals surface area (Å²) in [5.74, 6) is -0.0646. The number of sulfonamides is 1. The van der Waals surface area contributed by atoms with Crippen LogP contribution in [0.4, 0.5) is 0 Å². The van der Waals surface area contributed by atoms with Crippen molar-refractivity contribution < 1.29 is 17.9 Å². The first-order valence-electron chi connectivity index (χ1n) is 8.41. The van der Waals surface area contributed by atoms with Gasteiger partial charge in [0.1, 0.15) is 0 Å². The maximum Gasteiger partial charge on any atom is 0.243 e. The van der Waals surface area contributed by atoms with Gasteiger partial charge in [0.15, 0.2) is 5.78 Å². The number of carbonyl (C=O) groups excluding carboxylic acids is 1. The van der Waals surface area contributed by atoms with E-state index < -0.39 is 10.0 Å². The first kappa shape index (κ1) is 17.5. The molecule has 0 N–H and O–H groups in total. The summed E-state index contributed by atoms with van der Waals surface area (Å²) in [6.45, 7) is 5.95. The Morgan fingerprint density at radius 3 is 2.17 bits per heavy atom. The van der Waals surface area contributed by atoms with Crippen molar-refractivity contribution in [1.29, 1.82) is 0 Å². The van der Waals surface area contributed by atoms with Crippen LogP contribution in [0.1, 0.15) is 30.1 Å². The lowest BCUT2D eigenvalue weighted by atomic mass is 10.0. The lowest BCUT2D eigenvalue weighted by Crippen LogP contribution is -2.50. The van der Waals surface area contributed by atoms with Crippen LogP contribution in [0.25, 0.3) is 0 Å². The number of benzene rings is 1. The van der Waals surface area contributed by atoms with Crippen LogP contribution in [0.2, 0.25) is 0 Å². The van der Waals surface area contributed by atoms with Gasteiger partial charge in [-0.15, -0.1) is 0 Å². The third kappa shape index (κ3) is 3.69. The van der Waals surface area contributed by atoms with Crippen molar-refractivity contribution in [3.8, 4) is 0 Å². The first-order chi connectivity index (χ1) is 11.5. The van der Waals surface area contributed by atoms with Gasteiger partial charge in [0, 0.05) is 37.8 Å². The molecule has 7 heteroatoms. The zero-order valence-electron chi connectivity index (χ0n) is 14.0. The van der Waals surface area contributed by atoms with Crippen LogP contribution in [-0.4, -0.2) is 68.8 Å². The molecule has 6 nitrogen and oxygen atoms in total. The number of nitrogens with zero attached hydrogens (tertiary/aromatic N) is 2. The molecule has 2 heterocycles. The fraction of sp³-hybridized carbons (Fsp3) is 0.588. The molecular formula is C17H24N2O4S. The molecule has 2 aliphatic rings. The summed E-state index contributed by atoms with van der Waals surface area (Å²) >= 11 is 0. The van der Waals surface area contributed by atoms with E-state index in [1.54, 1.807) is 16.4 Å². The Kier molecular flexibility index (Phi) is 5.34. The number of piperidine rings is 1. The molecule has 0 spiro atoms. The van der Waals surface area contributed by atoms with Crippen LogP contribution in [0, 0.1) is 0 Å². The SMILES string of the molecule is CC(=O)c1ccc(S(=O)(=O)N2CCC(N3CCOCC3)CC2)cc1. The van der Waals surface area contributed by atoms with Crippen molar-refractivity contribution in [3.05, 3.63) is 29.8 Å². The highest BCUT2D eigenvalue weighted by Gasteiger charge is 2.32. The molecule has 132 valence electrons. The van der Waals surface area contributed by atoms with E-state index in [0.717, 1.165) is 39.1 Å². The van der Waals surface area contributed by atoms with E-state index >= 15 is 0 Å². The fourth-order valence-corrected chi connectivity index (χ4v) is 4.87. The van der Waals surface area contributed by atoms with E-state index in [1.165, 1.54) is 19.1 Å². The molecule has 3 rings (SSSR count). The van der Waals surface area contributed by atoms with Crippen molar-refractivity contribution in [2.75, 3.05) is 39.4 Å². The smallest absolute Gasteiger partial charge is 0.243 e. The van der Waals surface area contributed by atoms with E-state index in [9.17, 15) is 13.2 Å². The second kappa shape index (κ2) is 7.31. The lowest BCUT2D eigenvalue weighted by molar-refractivity contribution is 0.00610. The van der Waals surface area contributed by atoms with Gasteiger partial charge in [-0.25, -0.2) is 8.42 Å². The van der Waals surface area contributed by atoms with Crippen LogP contribution in [-0.2, 0) is 14.8 Å². The van der Waals surface area contributed by atoms with Gasteiger partial charge in [0.2, 0.25) is 10.0 Å². The molecule has 2 saturated heterocycles.